The zero-order chi connectivity index (χ0) is 16.0. The monoisotopic (exact) mass is 299 g/mol. The summed E-state index contributed by atoms with van der Waals surface area (Å²) in [6.45, 7) is 15.9. The SMILES string of the molecule is CC(C)C(O)CC1CC(NCC(C)(C)C)CN(CCN)C1. The molecule has 4 heteroatoms. The molecule has 0 saturated carbocycles. The second kappa shape index (κ2) is 8.47. The van der Waals surface area contributed by atoms with E-state index in [4.69, 9.17) is 5.73 Å². The van der Waals surface area contributed by atoms with Gasteiger partial charge in [0, 0.05) is 38.8 Å². The molecule has 21 heavy (non-hydrogen) atoms. The number of nitrogens with zero attached hydrogens (tertiary/aromatic N) is 1. The van der Waals surface area contributed by atoms with Gasteiger partial charge in [-0.2, -0.15) is 0 Å². The molecule has 1 aliphatic rings. The Morgan fingerprint density at radius 1 is 1.29 bits per heavy atom. The molecule has 0 aliphatic carbocycles. The summed E-state index contributed by atoms with van der Waals surface area (Å²) in [6.07, 6.45) is 1.89. The van der Waals surface area contributed by atoms with Crippen molar-refractivity contribution in [3.8, 4) is 0 Å². The van der Waals surface area contributed by atoms with Gasteiger partial charge < -0.3 is 21.1 Å². The average molecular weight is 300 g/mol. The number of rotatable bonds is 7. The molecule has 0 spiro atoms. The largest absolute Gasteiger partial charge is 0.393 e. The fourth-order valence-corrected chi connectivity index (χ4v) is 3.05. The molecule has 0 radical (unpaired) electrons. The van der Waals surface area contributed by atoms with Crippen LogP contribution in [0.2, 0.25) is 0 Å². The number of nitrogens with two attached hydrogens (primary N) is 1. The predicted octanol–water partition coefficient (Wildman–Crippen LogP) is 1.68. The number of likely N-dealkylation sites (tertiary alicyclic amines) is 1. The van der Waals surface area contributed by atoms with Crippen LogP contribution in [0.1, 0.15) is 47.5 Å². The summed E-state index contributed by atoms with van der Waals surface area (Å²) in [5, 5.41) is 13.9. The molecule has 4 N–H and O–H groups in total. The molecule has 0 aromatic rings. The molecule has 1 rings (SSSR count). The van der Waals surface area contributed by atoms with Gasteiger partial charge in [0.15, 0.2) is 0 Å². The summed E-state index contributed by atoms with van der Waals surface area (Å²) < 4.78 is 0. The summed E-state index contributed by atoms with van der Waals surface area (Å²) in [6, 6.07) is 0.522. The van der Waals surface area contributed by atoms with Crippen molar-refractivity contribution < 1.29 is 5.11 Å². The van der Waals surface area contributed by atoms with Gasteiger partial charge in [0.2, 0.25) is 0 Å². The maximum Gasteiger partial charge on any atom is 0.0566 e. The Labute approximate surface area is 131 Å². The van der Waals surface area contributed by atoms with Gasteiger partial charge in [-0.1, -0.05) is 34.6 Å². The van der Waals surface area contributed by atoms with Crippen molar-refractivity contribution in [2.75, 3.05) is 32.7 Å². The first kappa shape index (κ1) is 18.9. The van der Waals surface area contributed by atoms with Crippen LogP contribution in [0, 0.1) is 17.3 Å². The predicted molar refractivity (Wildman–Crippen MR) is 90.3 cm³/mol. The lowest BCUT2D eigenvalue weighted by Crippen LogP contribution is -2.52. The standard InChI is InChI=1S/C17H37N3O/c1-13(2)16(21)9-14-8-15(19-12-17(3,4)5)11-20(10-14)7-6-18/h13-16,19,21H,6-12,18H2,1-5H3. The quantitative estimate of drug-likeness (QED) is 0.669. The van der Waals surface area contributed by atoms with E-state index in [0.717, 1.165) is 32.6 Å². The highest BCUT2D eigenvalue weighted by molar-refractivity contribution is 4.86. The van der Waals surface area contributed by atoms with Crippen molar-refractivity contribution in [2.24, 2.45) is 23.0 Å². The number of hydrogen-bond donors (Lipinski definition) is 3. The molecule has 0 aromatic heterocycles. The van der Waals surface area contributed by atoms with E-state index >= 15 is 0 Å². The van der Waals surface area contributed by atoms with Crippen LogP contribution >= 0.6 is 0 Å². The van der Waals surface area contributed by atoms with Crippen molar-refractivity contribution in [1.82, 2.24) is 10.2 Å². The van der Waals surface area contributed by atoms with Crippen molar-refractivity contribution in [3.05, 3.63) is 0 Å². The lowest BCUT2D eigenvalue weighted by atomic mass is 9.86. The first-order valence-electron chi connectivity index (χ1n) is 8.55. The van der Waals surface area contributed by atoms with E-state index in [1.807, 2.05) is 0 Å². The van der Waals surface area contributed by atoms with E-state index < -0.39 is 0 Å². The highest BCUT2D eigenvalue weighted by Gasteiger charge is 2.29. The normalized spacial score (nSPS) is 26.3. The van der Waals surface area contributed by atoms with Gasteiger partial charge >= 0.3 is 0 Å². The number of hydrogen-bond acceptors (Lipinski definition) is 4. The number of aliphatic hydroxyl groups is 1. The minimum atomic E-state index is -0.184. The van der Waals surface area contributed by atoms with Crippen molar-refractivity contribution >= 4 is 0 Å². The maximum atomic E-state index is 10.2. The Morgan fingerprint density at radius 2 is 1.95 bits per heavy atom. The van der Waals surface area contributed by atoms with Gasteiger partial charge in [0.25, 0.3) is 0 Å². The fourth-order valence-electron chi connectivity index (χ4n) is 3.05. The maximum absolute atomic E-state index is 10.2. The highest BCUT2D eigenvalue weighted by Crippen LogP contribution is 2.24. The van der Waals surface area contributed by atoms with E-state index in [1.165, 1.54) is 6.42 Å². The Kier molecular flexibility index (Phi) is 7.62. The van der Waals surface area contributed by atoms with Crippen LogP contribution in [0.15, 0.2) is 0 Å². The van der Waals surface area contributed by atoms with E-state index in [2.05, 4.69) is 44.8 Å². The molecule has 1 aliphatic heterocycles. The molecule has 126 valence electrons. The highest BCUT2D eigenvalue weighted by atomic mass is 16.3. The minimum absolute atomic E-state index is 0.184. The van der Waals surface area contributed by atoms with Gasteiger partial charge in [0.05, 0.1) is 6.10 Å². The third kappa shape index (κ3) is 7.59. The number of piperidine rings is 1. The molecule has 0 bridgehead atoms. The Morgan fingerprint density at radius 3 is 2.48 bits per heavy atom. The van der Waals surface area contributed by atoms with E-state index in [-0.39, 0.29) is 6.10 Å². The van der Waals surface area contributed by atoms with Crippen molar-refractivity contribution in [3.63, 3.8) is 0 Å². The Hall–Kier alpha value is -0.160. The van der Waals surface area contributed by atoms with Crippen LogP contribution in [0.25, 0.3) is 0 Å². The van der Waals surface area contributed by atoms with Gasteiger partial charge in [-0.3, -0.25) is 0 Å². The van der Waals surface area contributed by atoms with E-state index in [1.54, 1.807) is 0 Å². The van der Waals surface area contributed by atoms with Crippen LogP contribution in [0.5, 0.6) is 0 Å². The second-order valence-corrected chi connectivity index (χ2v) is 8.34. The fraction of sp³-hybridized carbons (Fsp3) is 1.00. The molecule has 1 heterocycles. The van der Waals surface area contributed by atoms with Crippen LogP contribution < -0.4 is 11.1 Å². The Bertz CT molecular complexity index is 288. The van der Waals surface area contributed by atoms with Gasteiger partial charge in [-0.25, -0.2) is 0 Å². The molecule has 1 fully saturated rings. The van der Waals surface area contributed by atoms with Gasteiger partial charge in [-0.05, 0) is 30.1 Å². The second-order valence-electron chi connectivity index (χ2n) is 8.34. The first-order valence-corrected chi connectivity index (χ1v) is 8.55. The molecular weight excluding hydrogens is 262 g/mol. The number of aliphatic hydroxyl groups excluding tert-OH is 1. The third-order valence-corrected chi connectivity index (χ3v) is 4.32. The lowest BCUT2D eigenvalue weighted by molar-refractivity contribution is 0.0613. The topological polar surface area (TPSA) is 61.5 Å². The van der Waals surface area contributed by atoms with Crippen molar-refractivity contribution in [1.29, 1.82) is 0 Å². The van der Waals surface area contributed by atoms with E-state index in [9.17, 15) is 5.11 Å². The summed E-state index contributed by atoms with van der Waals surface area (Å²) in [5.74, 6) is 0.913. The first-order chi connectivity index (χ1) is 9.71. The van der Waals surface area contributed by atoms with Crippen LogP contribution in [0.3, 0.4) is 0 Å². The van der Waals surface area contributed by atoms with Crippen LogP contribution in [0.4, 0.5) is 0 Å². The molecule has 3 unspecified atom stereocenters. The van der Waals surface area contributed by atoms with Crippen LogP contribution in [-0.2, 0) is 0 Å². The third-order valence-electron chi connectivity index (χ3n) is 4.32. The van der Waals surface area contributed by atoms with Crippen molar-refractivity contribution in [2.45, 2.75) is 59.6 Å². The lowest BCUT2D eigenvalue weighted by Gasteiger charge is -2.40. The molecule has 3 atom stereocenters. The molecule has 4 nitrogen and oxygen atoms in total. The zero-order valence-electron chi connectivity index (χ0n) is 14.7. The molecule has 0 amide bonds. The average Bonchev–Trinajstić information content (AvgIpc) is 2.35. The zero-order valence-corrected chi connectivity index (χ0v) is 14.7. The smallest absolute Gasteiger partial charge is 0.0566 e. The van der Waals surface area contributed by atoms with Gasteiger partial charge in [-0.15, -0.1) is 0 Å². The van der Waals surface area contributed by atoms with Gasteiger partial charge in [0.1, 0.15) is 0 Å². The summed E-state index contributed by atoms with van der Waals surface area (Å²) in [5.41, 5.74) is 6.04. The van der Waals surface area contributed by atoms with E-state index in [0.29, 0.717) is 29.8 Å². The molecule has 0 aromatic carbocycles. The summed E-state index contributed by atoms with van der Waals surface area (Å²) >= 11 is 0. The summed E-state index contributed by atoms with van der Waals surface area (Å²) in [4.78, 5) is 2.46. The molecule has 1 saturated heterocycles. The molecular formula is C17H37N3O. The Balaban J connectivity index is 2.55. The minimum Gasteiger partial charge on any atom is -0.393 e. The van der Waals surface area contributed by atoms with Crippen LogP contribution in [-0.4, -0.2) is 54.9 Å². The summed E-state index contributed by atoms with van der Waals surface area (Å²) in [7, 11) is 0. The number of nitrogens with one attached hydrogen (secondary N) is 1.